The number of allylic oxidation sites excluding steroid dienone is 1. The van der Waals surface area contributed by atoms with Gasteiger partial charge in [0.05, 0.1) is 17.5 Å². The van der Waals surface area contributed by atoms with Crippen molar-refractivity contribution in [1.82, 2.24) is 15.4 Å². The molecule has 1 aromatic heterocycles. The summed E-state index contributed by atoms with van der Waals surface area (Å²) in [6, 6.07) is 9.39. The first-order chi connectivity index (χ1) is 12.1. The largest absolute Gasteiger partial charge is 0.366 e. The molecule has 0 unspecified atom stereocenters. The van der Waals surface area contributed by atoms with E-state index in [0.717, 1.165) is 5.56 Å². The fraction of sp³-hybridized carbons (Fsp3) is 0.0588. The van der Waals surface area contributed by atoms with Gasteiger partial charge in [0.25, 0.3) is 0 Å². The molecule has 1 aliphatic heterocycles. The van der Waals surface area contributed by atoms with Gasteiger partial charge in [-0.3, -0.25) is 5.43 Å². The van der Waals surface area contributed by atoms with E-state index in [1.807, 2.05) is 24.3 Å². The maximum atomic E-state index is 5.91. The average molecular weight is 373 g/mol. The van der Waals surface area contributed by atoms with Gasteiger partial charge in [-0.05, 0) is 23.8 Å². The van der Waals surface area contributed by atoms with E-state index in [4.69, 9.17) is 23.2 Å². The van der Waals surface area contributed by atoms with Crippen molar-refractivity contribution in [2.24, 2.45) is 10.1 Å². The number of halogens is 2. The molecule has 0 spiro atoms. The van der Waals surface area contributed by atoms with Crippen LogP contribution in [0.4, 0.5) is 5.82 Å². The summed E-state index contributed by atoms with van der Waals surface area (Å²) in [5.41, 5.74) is 4.88. The van der Waals surface area contributed by atoms with E-state index >= 15 is 0 Å². The summed E-state index contributed by atoms with van der Waals surface area (Å²) in [5, 5.41) is 8.07. The highest BCUT2D eigenvalue weighted by Crippen LogP contribution is 2.21. The van der Waals surface area contributed by atoms with Crippen LogP contribution in [-0.4, -0.2) is 21.4 Å². The molecule has 0 bridgehead atoms. The molecule has 0 aliphatic carbocycles. The zero-order valence-corrected chi connectivity index (χ0v) is 14.6. The number of nitrogens with one attached hydrogen (secondary N) is 2. The predicted octanol–water partition coefficient (Wildman–Crippen LogP) is 3.82. The van der Waals surface area contributed by atoms with Crippen molar-refractivity contribution >= 4 is 46.0 Å². The van der Waals surface area contributed by atoms with E-state index in [2.05, 4.69) is 37.4 Å². The van der Waals surface area contributed by atoms with Crippen molar-refractivity contribution in [1.29, 1.82) is 0 Å². The smallest absolute Gasteiger partial charge is 0.165 e. The maximum Gasteiger partial charge on any atom is 0.165 e. The highest BCUT2D eigenvalue weighted by atomic mass is 35.5. The normalized spacial score (nSPS) is 15.4. The topological polar surface area (TPSA) is 74.6 Å². The lowest BCUT2D eigenvalue weighted by molar-refractivity contribution is 0.969. The molecule has 126 valence electrons. The molecule has 0 saturated heterocycles. The Balaban J connectivity index is 1.78. The number of nitrogens with zero attached hydrogens (tertiary/aromatic N) is 4. The van der Waals surface area contributed by atoms with Gasteiger partial charge in [-0.2, -0.15) is 5.10 Å². The van der Waals surface area contributed by atoms with Crippen LogP contribution in [0.25, 0.3) is 5.57 Å². The fourth-order valence-electron chi connectivity index (χ4n) is 2.07. The Labute approximate surface area is 155 Å². The minimum absolute atomic E-state index is 0.222. The first-order valence-corrected chi connectivity index (χ1v) is 8.11. The van der Waals surface area contributed by atoms with E-state index in [9.17, 15) is 0 Å². The van der Waals surface area contributed by atoms with E-state index in [0.29, 0.717) is 34.5 Å². The molecule has 2 N–H and O–H groups in total. The molecule has 0 fully saturated rings. The summed E-state index contributed by atoms with van der Waals surface area (Å²) in [6.45, 7) is 4.51. The third-order valence-electron chi connectivity index (χ3n) is 3.29. The minimum atomic E-state index is 0.222. The highest BCUT2D eigenvalue weighted by Gasteiger charge is 2.11. The molecule has 6 nitrogen and oxygen atoms in total. The van der Waals surface area contributed by atoms with E-state index in [1.54, 1.807) is 18.5 Å². The second-order valence-electron chi connectivity index (χ2n) is 5.07. The van der Waals surface area contributed by atoms with Gasteiger partial charge in [-0.15, -0.1) is 0 Å². The quantitative estimate of drug-likeness (QED) is 0.855. The molecular weight excluding hydrogens is 359 g/mol. The highest BCUT2D eigenvalue weighted by molar-refractivity contribution is 6.80. The van der Waals surface area contributed by atoms with Crippen LogP contribution >= 0.6 is 23.2 Å². The number of rotatable bonds is 4. The molecule has 0 atom stereocenters. The first kappa shape index (κ1) is 17.1. The SMILES string of the molecule is C=C1N=C(Cl)/C=N\NC=C1c1nccc(NCc2ccc(Cl)cc2)n1. The molecule has 1 aromatic carbocycles. The summed E-state index contributed by atoms with van der Waals surface area (Å²) >= 11 is 11.8. The van der Waals surface area contributed by atoms with Crippen LogP contribution in [0, 0.1) is 0 Å². The molecule has 0 amide bonds. The van der Waals surface area contributed by atoms with Crippen molar-refractivity contribution in [2.45, 2.75) is 6.54 Å². The van der Waals surface area contributed by atoms with Gasteiger partial charge in [-0.1, -0.05) is 41.9 Å². The molecule has 0 radical (unpaired) electrons. The van der Waals surface area contributed by atoms with Crippen LogP contribution in [0.15, 0.2) is 65.1 Å². The Hall–Kier alpha value is -2.70. The third-order valence-corrected chi connectivity index (χ3v) is 3.72. The monoisotopic (exact) mass is 372 g/mol. The van der Waals surface area contributed by atoms with Crippen molar-refractivity contribution in [2.75, 3.05) is 5.32 Å². The summed E-state index contributed by atoms with van der Waals surface area (Å²) in [7, 11) is 0. The summed E-state index contributed by atoms with van der Waals surface area (Å²) < 4.78 is 0. The lowest BCUT2D eigenvalue weighted by Crippen LogP contribution is -2.08. The number of anilines is 1. The van der Waals surface area contributed by atoms with E-state index < -0.39 is 0 Å². The van der Waals surface area contributed by atoms with E-state index in [1.165, 1.54) is 6.21 Å². The number of aliphatic imine (C=N–C) groups is 1. The Bertz CT molecular complexity index is 871. The van der Waals surface area contributed by atoms with Crippen molar-refractivity contribution in [3.05, 3.63) is 71.4 Å². The van der Waals surface area contributed by atoms with Crippen LogP contribution in [0.2, 0.25) is 5.02 Å². The summed E-state index contributed by atoms with van der Waals surface area (Å²) in [4.78, 5) is 12.9. The second kappa shape index (κ2) is 7.92. The van der Waals surface area contributed by atoms with Gasteiger partial charge in [0.1, 0.15) is 11.0 Å². The lowest BCUT2D eigenvalue weighted by atomic mass is 10.2. The molecule has 25 heavy (non-hydrogen) atoms. The number of hydrogen-bond acceptors (Lipinski definition) is 6. The van der Waals surface area contributed by atoms with Crippen molar-refractivity contribution in [3.8, 4) is 0 Å². The number of hydrogen-bond donors (Lipinski definition) is 2. The number of hydrazone groups is 1. The Morgan fingerprint density at radius 1 is 1.12 bits per heavy atom. The second-order valence-corrected chi connectivity index (χ2v) is 5.90. The summed E-state index contributed by atoms with van der Waals surface area (Å²) in [5.74, 6) is 1.14. The zero-order chi connectivity index (χ0) is 17.6. The van der Waals surface area contributed by atoms with Crippen LogP contribution < -0.4 is 10.7 Å². The molecular formula is C17H14Cl2N6. The Kier molecular flexibility index (Phi) is 5.42. The van der Waals surface area contributed by atoms with Gasteiger partial charge in [0.15, 0.2) is 5.82 Å². The average Bonchev–Trinajstić information content (AvgIpc) is 2.60. The zero-order valence-electron chi connectivity index (χ0n) is 13.1. The molecule has 2 aromatic rings. The van der Waals surface area contributed by atoms with Gasteiger partial charge in [0, 0.05) is 24.0 Å². The molecule has 3 rings (SSSR count). The minimum Gasteiger partial charge on any atom is -0.366 e. The molecule has 1 aliphatic rings. The number of aromatic nitrogens is 2. The molecule has 2 heterocycles. The maximum absolute atomic E-state index is 5.91. The lowest BCUT2D eigenvalue weighted by Gasteiger charge is -2.10. The fourth-order valence-corrected chi connectivity index (χ4v) is 2.35. The summed E-state index contributed by atoms with van der Waals surface area (Å²) in [6.07, 6.45) is 4.68. The van der Waals surface area contributed by atoms with Gasteiger partial charge < -0.3 is 5.32 Å². The standard InChI is InChI=1S/C17H14Cl2N6/c1-11-14(9-22-23-10-15(19)24-11)17-20-7-6-16(25-17)21-8-12-2-4-13(18)5-3-12/h2-7,9-10,22H,1,8H2,(H,20,21,25)/b14-9?,23-10-,24-15?. The molecule has 0 saturated carbocycles. The Morgan fingerprint density at radius 3 is 2.72 bits per heavy atom. The third kappa shape index (κ3) is 4.65. The van der Waals surface area contributed by atoms with E-state index in [-0.39, 0.29) is 5.17 Å². The first-order valence-electron chi connectivity index (χ1n) is 7.36. The predicted molar refractivity (Wildman–Crippen MR) is 103 cm³/mol. The van der Waals surface area contributed by atoms with Crippen molar-refractivity contribution in [3.63, 3.8) is 0 Å². The molecule has 8 heteroatoms. The van der Waals surface area contributed by atoms with Crippen LogP contribution in [-0.2, 0) is 6.54 Å². The van der Waals surface area contributed by atoms with Crippen LogP contribution in [0.5, 0.6) is 0 Å². The Morgan fingerprint density at radius 2 is 1.92 bits per heavy atom. The van der Waals surface area contributed by atoms with Crippen LogP contribution in [0.1, 0.15) is 11.4 Å². The van der Waals surface area contributed by atoms with Gasteiger partial charge >= 0.3 is 0 Å². The van der Waals surface area contributed by atoms with Crippen LogP contribution in [0.3, 0.4) is 0 Å². The van der Waals surface area contributed by atoms with Crippen molar-refractivity contribution < 1.29 is 0 Å². The van der Waals surface area contributed by atoms with Gasteiger partial charge in [-0.25, -0.2) is 15.0 Å². The van der Waals surface area contributed by atoms with Gasteiger partial charge in [0.2, 0.25) is 0 Å². The number of benzene rings is 1.